The molecule has 0 bridgehead atoms. The molecular formula is C20H19FN4O3. The SMILES string of the molecule is O=C(Nc1ccccc1)c1ccc(NCC(O)COc2ccc(F)cc2)nn1. The molecule has 1 aromatic heterocycles. The Morgan fingerprint density at radius 3 is 2.46 bits per heavy atom. The fourth-order valence-corrected chi connectivity index (χ4v) is 2.27. The van der Waals surface area contributed by atoms with Crippen molar-refractivity contribution in [2.24, 2.45) is 0 Å². The van der Waals surface area contributed by atoms with Gasteiger partial charge in [0.05, 0.1) is 0 Å². The molecular weight excluding hydrogens is 363 g/mol. The molecule has 8 heteroatoms. The Morgan fingerprint density at radius 2 is 1.79 bits per heavy atom. The molecule has 0 radical (unpaired) electrons. The molecule has 0 saturated heterocycles. The molecule has 3 rings (SSSR count). The first-order valence-electron chi connectivity index (χ1n) is 8.60. The number of nitrogens with one attached hydrogen (secondary N) is 2. The number of hydrogen-bond donors (Lipinski definition) is 3. The fraction of sp³-hybridized carbons (Fsp3) is 0.150. The van der Waals surface area contributed by atoms with Crippen LogP contribution in [-0.4, -0.2) is 40.5 Å². The van der Waals surface area contributed by atoms with E-state index in [1.54, 1.807) is 18.2 Å². The lowest BCUT2D eigenvalue weighted by molar-refractivity contribution is 0.102. The third kappa shape index (κ3) is 5.75. The van der Waals surface area contributed by atoms with E-state index in [0.717, 1.165) is 0 Å². The second kappa shape index (κ2) is 9.43. The molecule has 0 aliphatic rings. The number of nitrogens with zero attached hydrogens (tertiary/aromatic N) is 2. The van der Waals surface area contributed by atoms with Crippen molar-refractivity contribution < 1.29 is 19.0 Å². The zero-order valence-corrected chi connectivity index (χ0v) is 14.9. The van der Waals surface area contributed by atoms with Crippen LogP contribution in [0.1, 0.15) is 10.5 Å². The number of rotatable bonds is 8. The molecule has 7 nitrogen and oxygen atoms in total. The Kier molecular flexibility index (Phi) is 6.48. The number of carbonyl (C=O) groups is 1. The molecule has 0 fully saturated rings. The number of ether oxygens (including phenoxy) is 1. The first-order valence-corrected chi connectivity index (χ1v) is 8.60. The third-order valence-corrected chi connectivity index (χ3v) is 3.70. The van der Waals surface area contributed by atoms with E-state index in [4.69, 9.17) is 4.74 Å². The van der Waals surface area contributed by atoms with Crippen LogP contribution >= 0.6 is 0 Å². The molecule has 1 heterocycles. The van der Waals surface area contributed by atoms with Crippen molar-refractivity contribution in [2.75, 3.05) is 23.8 Å². The van der Waals surface area contributed by atoms with Gasteiger partial charge in [0.25, 0.3) is 5.91 Å². The van der Waals surface area contributed by atoms with Crippen molar-refractivity contribution in [2.45, 2.75) is 6.10 Å². The van der Waals surface area contributed by atoms with Crippen LogP contribution in [0.15, 0.2) is 66.7 Å². The number of carbonyl (C=O) groups excluding carboxylic acids is 1. The standard InChI is InChI=1S/C20H19FN4O3/c21-14-6-8-17(9-7-14)28-13-16(26)12-22-19-11-10-18(24-25-19)20(27)23-15-4-2-1-3-5-15/h1-11,16,26H,12-13H2,(H,22,25)(H,23,27). The summed E-state index contributed by atoms with van der Waals surface area (Å²) in [7, 11) is 0. The average Bonchev–Trinajstić information content (AvgIpc) is 2.73. The molecule has 2 aromatic carbocycles. The summed E-state index contributed by atoms with van der Waals surface area (Å²) in [6.07, 6.45) is -0.812. The highest BCUT2D eigenvalue weighted by atomic mass is 19.1. The second-order valence-corrected chi connectivity index (χ2v) is 5.92. The summed E-state index contributed by atoms with van der Waals surface area (Å²) >= 11 is 0. The number of aliphatic hydroxyl groups is 1. The van der Waals surface area contributed by atoms with Gasteiger partial charge in [0.1, 0.15) is 30.1 Å². The van der Waals surface area contributed by atoms with E-state index >= 15 is 0 Å². The predicted octanol–water partition coefficient (Wildman–Crippen LogP) is 2.72. The van der Waals surface area contributed by atoms with Crippen LogP contribution < -0.4 is 15.4 Å². The molecule has 0 spiro atoms. The monoisotopic (exact) mass is 382 g/mol. The Hall–Kier alpha value is -3.52. The second-order valence-electron chi connectivity index (χ2n) is 5.92. The van der Waals surface area contributed by atoms with E-state index in [1.807, 2.05) is 18.2 Å². The van der Waals surface area contributed by atoms with E-state index in [-0.39, 0.29) is 30.6 Å². The molecule has 3 N–H and O–H groups in total. The summed E-state index contributed by atoms with van der Waals surface area (Å²) in [5.74, 6) is 0.165. The van der Waals surface area contributed by atoms with E-state index in [1.165, 1.54) is 30.3 Å². The summed E-state index contributed by atoms with van der Waals surface area (Å²) in [6, 6.07) is 17.7. The number of halogens is 1. The molecule has 0 saturated carbocycles. The van der Waals surface area contributed by atoms with Crippen LogP contribution in [0, 0.1) is 5.82 Å². The number of amides is 1. The Balaban J connectivity index is 1.44. The van der Waals surface area contributed by atoms with Crippen molar-refractivity contribution in [1.29, 1.82) is 0 Å². The van der Waals surface area contributed by atoms with Gasteiger partial charge >= 0.3 is 0 Å². The number of aromatic nitrogens is 2. The van der Waals surface area contributed by atoms with Crippen molar-refractivity contribution in [1.82, 2.24) is 10.2 Å². The summed E-state index contributed by atoms with van der Waals surface area (Å²) in [4.78, 5) is 12.1. The summed E-state index contributed by atoms with van der Waals surface area (Å²) < 4.78 is 18.2. The Labute approximate surface area is 161 Å². The number of benzene rings is 2. The predicted molar refractivity (Wildman–Crippen MR) is 103 cm³/mol. The van der Waals surface area contributed by atoms with Crippen LogP contribution in [0.3, 0.4) is 0 Å². The maximum atomic E-state index is 12.8. The van der Waals surface area contributed by atoms with Crippen molar-refractivity contribution in [3.8, 4) is 5.75 Å². The molecule has 1 amide bonds. The lowest BCUT2D eigenvalue weighted by atomic mass is 10.3. The van der Waals surface area contributed by atoms with Crippen LogP contribution in [0.4, 0.5) is 15.9 Å². The summed E-state index contributed by atoms with van der Waals surface area (Å²) in [6.45, 7) is 0.203. The molecule has 28 heavy (non-hydrogen) atoms. The number of hydrogen-bond acceptors (Lipinski definition) is 6. The van der Waals surface area contributed by atoms with Gasteiger partial charge in [-0.2, -0.15) is 0 Å². The summed E-state index contributed by atoms with van der Waals surface area (Å²) in [5, 5.41) is 23.4. The van der Waals surface area contributed by atoms with E-state index in [0.29, 0.717) is 17.3 Å². The highest BCUT2D eigenvalue weighted by Gasteiger charge is 2.10. The van der Waals surface area contributed by atoms with E-state index < -0.39 is 6.10 Å². The Morgan fingerprint density at radius 1 is 1.04 bits per heavy atom. The molecule has 0 aliphatic carbocycles. The average molecular weight is 382 g/mol. The largest absolute Gasteiger partial charge is 0.491 e. The highest BCUT2D eigenvalue weighted by Crippen LogP contribution is 2.12. The van der Waals surface area contributed by atoms with Gasteiger partial charge in [-0.05, 0) is 48.5 Å². The highest BCUT2D eigenvalue weighted by molar-refractivity contribution is 6.02. The topological polar surface area (TPSA) is 96.4 Å². The lowest BCUT2D eigenvalue weighted by Gasteiger charge is -2.13. The van der Waals surface area contributed by atoms with Crippen LogP contribution in [0.5, 0.6) is 5.75 Å². The quantitative estimate of drug-likeness (QED) is 0.554. The smallest absolute Gasteiger partial charge is 0.276 e. The van der Waals surface area contributed by atoms with Crippen LogP contribution in [0.25, 0.3) is 0 Å². The van der Waals surface area contributed by atoms with Gasteiger partial charge in [0, 0.05) is 12.2 Å². The number of aliphatic hydroxyl groups excluding tert-OH is 1. The lowest BCUT2D eigenvalue weighted by Crippen LogP contribution is -2.26. The first kappa shape index (κ1) is 19.2. The Bertz CT molecular complexity index is 890. The minimum Gasteiger partial charge on any atom is -0.491 e. The van der Waals surface area contributed by atoms with Gasteiger partial charge in [0.15, 0.2) is 5.69 Å². The minimum atomic E-state index is -0.812. The normalized spacial score (nSPS) is 11.5. The fourth-order valence-electron chi connectivity index (χ4n) is 2.27. The van der Waals surface area contributed by atoms with Crippen molar-refractivity contribution in [3.63, 3.8) is 0 Å². The maximum absolute atomic E-state index is 12.8. The third-order valence-electron chi connectivity index (χ3n) is 3.70. The number of anilines is 2. The maximum Gasteiger partial charge on any atom is 0.276 e. The van der Waals surface area contributed by atoms with E-state index in [9.17, 15) is 14.3 Å². The van der Waals surface area contributed by atoms with Gasteiger partial charge in [-0.15, -0.1) is 10.2 Å². The van der Waals surface area contributed by atoms with Crippen LogP contribution in [-0.2, 0) is 0 Å². The van der Waals surface area contributed by atoms with Crippen LogP contribution in [0.2, 0.25) is 0 Å². The summed E-state index contributed by atoms with van der Waals surface area (Å²) in [5.41, 5.74) is 0.843. The van der Waals surface area contributed by atoms with Gasteiger partial charge in [-0.1, -0.05) is 18.2 Å². The molecule has 3 aromatic rings. The van der Waals surface area contributed by atoms with Crippen molar-refractivity contribution in [3.05, 3.63) is 78.2 Å². The van der Waals surface area contributed by atoms with E-state index in [2.05, 4.69) is 20.8 Å². The zero-order valence-electron chi connectivity index (χ0n) is 14.9. The van der Waals surface area contributed by atoms with Gasteiger partial charge in [-0.3, -0.25) is 4.79 Å². The zero-order chi connectivity index (χ0) is 19.8. The minimum absolute atomic E-state index is 0.0314. The molecule has 144 valence electrons. The molecule has 1 atom stereocenters. The van der Waals surface area contributed by atoms with Gasteiger partial charge in [-0.25, -0.2) is 4.39 Å². The first-order chi connectivity index (χ1) is 13.6. The van der Waals surface area contributed by atoms with Crippen molar-refractivity contribution >= 4 is 17.4 Å². The number of para-hydroxylation sites is 1. The molecule has 1 unspecified atom stereocenters. The van der Waals surface area contributed by atoms with Gasteiger partial charge < -0.3 is 20.5 Å². The molecule has 0 aliphatic heterocycles. The van der Waals surface area contributed by atoms with Gasteiger partial charge in [0.2, 0.25) is 0 Å².